The van der Waals surface area contributed by atoms with Crippen LogP contribution in [0.25, 0.3) is 11.1 Å². The molecule has 9 heteroatoms. The summed E-state index contributed by atoms with van der Waals surface area (Å²) >= 11 is 12.6. The number of anilines is 1. The van der Waals surface area contributed by atoms with Gasteiger partial charge in [-0.1, -0.05) is 53.5 Å². The molecule has 0 atom stereocenters. The predicted molar refractivity (Wildman–Crippen MR) is 105 cm³/mol. The molecular weight excluding hydrogens is 412 g/mol. The highest BCUT2D eigenvalue weighted by Crippen LogP contribution is 2.40. The number of benzene rings is 1. The zero-order valence-corrected chi connectivity index (χ0v) is 16.2. The Morgan fingerprint density at radius 1 is 1.19 bits per heavy atom. The Labute approximate surface area is 167 Å². The molecule has 1 aromatic carbocycles. The summed E-state index contributed by atoms with van der Waals surface area (Å²) in [6.45, 7) is 1.81. The lowest BCUT2D eigenvalue weighted by Crippen LogP contribution is -2.18. The lowest BCUT2D eigenvalue weighted by Gasteiger charge is -2.08. The molecule has 0 aliphatic carbocycles. The molecule has 138 valence electrons. The quantitative estimate of drug-likeness (QED) is 0.584. The molecule has 3 N–H and O–H groups in total. The normalized spacial score (nSPS) is 10.7. The maximum Gasteiger partial charge on any atom is 0.259 e. The highest BCUT2D eigenvalue weighted by molar-refractivity contribution is 7.17. The number of hydrogen-bond acceptors (Lipinski definition) is 4. The van der Waals surface area contributed by atoms with Gasteiger partial charge in [-0.15, -0.1) is 11.3 Å². The molecule has 5 nitrogen and oxygen atoms in total. The SMILES string of the molecule is Cc1sc(NC(=O)c2cc(F)c(Cl)nc2Cl)c(C(N)=O)c1-c1ccccc1. The minimum absolute atomic E-state index is 0.176. The summed E-state index contributed by atoms with van der Waals surface area (Å²) in [6, 6.07) is 10.1. The number of primary amides is 1. The first-order valence-corrected chi connectivity index (χ1v) is 9.18. The number of aromatic nitrogens is 1. The van der Waals surface area contributed by atoms with Crippen molar-refractivity contribution in [2.24, 2.45) is 5.73 Å². The molecule has 0 aliphatic rings. The summed E-state index contributed by atoms with van der Waals surface area (Å²) in [5.41, 5.74) is 6.95. The van der Waals surface area contributed by atoms with E-state index < -0.39 is 22.8 Å². The van der Waals surface area contributed by atoms with Gasteiger partial charge in [0.15, 0.2) is 11.0 Å². The van der Waals surface area contributed by atoms with Crippen molar-refractivity contribution >= 4 is 51.4 Å². The molecule has 0 saturated heterocycles. The molecular formula is C18H12Cl2FN3O2S. The van der Waals surface area contributed by atoms with Crippen LogP contribution in [0.4, 0.5) is 9.39 Å². The summed E-state index contributed by atoms with van der Waals surface area (Å²) in [5.74, 6) is -2.31. The molecule has 0 fully saturated rings. The second-order valence-electron chi connectivity index (χ2n) is 5.52. The largest absolute Gasteiger partial charge is 0.365 e. The maximum absolute atomic E-state index is 13.7. The number of rotatable bonds is 4. The Hall–Kier alpha value is -2.48. The van der Waals surface area contributed by atoms with Crippen molar-refractivity contribution in [3.05, 3.63) is 68.5 Å². The first kappa shape index (κ1) is 19.3. The van der Waals surface area contributed by atoms with Crippen LogP contribution in [0.2, 0.25) is 10.3 Å². The molecule has 0 spiro atoms. The summed E-state index contributed by atoms with van der Waals surface area (Å²) < 4.78 is 13.7. The van der Waals surface area contributed by atoms with Crippen molar-refractivity contribution in [3.8, 4) is 11.1 Å². The number of pyridine rings is 1. The second kappa shape index (κ2) is 7.64. The van der Waals surface area contributed by atoms with Gasteiger partial charge in [-0.2, -0.15) is 0 Å². The molecule has 2 amide bonds. The number of nitrogens with two attached hydrogens (primary N) is 1. The molecule has 0 saturated carbocycles. The van der Waals surface area contributed by atoms with Crippen molar-refractivity contribution in [2.45, 2.75) is 6.92 Å². The van der Waals surface area contributed by atoms with Crippen LogP contribution in [0.15, 0.2) is 36.4 Å². The predicted octanol–water partition coefficient (Wildman–Crippen LogP) is 4.92. The van der Waals surface area contributed by atoms with E-state index >= 15 is 0 Å². The Morgan fingerprint density at radius 2 is 1.85 bits per heavy atom. The van der Waals surface area contributed by atoms with Crippen molar-refractivity contribution in [1.29, 1.82) is 0 Å². The standard InChI is InChI=1S/C18H12Cl2FN3O2S/c1-8-12(9-5-3-2-4-6-9)13(16(22)25)18(27-8)24-17(26)10-7-11(21)15(20)23-14(10)19/h2-7H,1H3,(H2,22,25)(H,24,26). The minimum Gasteiger partial charge on any atom is -0.365 e. The first-order chi connectivity index (χ1) is 12.8. The molecule has 3 rings (SSSR count). The van der Waals surface area contributed by atoms with Crippen LogP contribution >= 0.6 is 34.5 Å². The Balaban J connectivity index is 2.05. The summed E-state index contributed by atoms with van der Waals surface area (Å²) in [7, 11) is 0. The molecule has 0 unspecified atom stereocenters. The van der Waals surface area contributed by atoms with E-state index in [1.165, 1.54) is 11.3 Å². The maximum atomic E-state index is 13.7. The Kier molecular flexibility index (Phi) is 5.46. The van der Waals surface area contributed by atoms with E-state index in [1.807, 2.05) is 37.3 Å². The number of thiophene rings is 1. The number of hydrogen-bond donors (Lipinski definition) is 2. The van der Waals surface area contributed by atoms with E-state index in [0.29, 0.717) is 5.56 Å². The van der Waals surface area contributed by atoms with Gasteiger partial charge in [0.2, 0.25) is 0 Å². The molecule has 2 aromatic heterocycles. The van der Waals surface area contributed by atoms with Crippen LogP contribution < -0.4 is 11.1 Å². The lowest BCUT2D eigenvalue weighted by atomic mass is 10.0. The summed E-state index contributed by atoms with van der Waals surface area (Å²) in [4.78, 5) is 29.0. The van der Waals surface area contributed by atoms with Gasteiger partial charge in [0, 0.05) is 10.4 Å². The highest BCUT2D eigenvalue weighted by atomic mass is 35.5. The van der Waals surface area contributed by atoms with E-state index in [9.17, 15) is 14.0 Å². The van der Waals surface area contributed by atoms with Crippen LogP contribution in [-0.4, -0.2) is 16.8 Å². The second-order valence-corrected chi connectivity index (χ2v) is 7.46. The zero-order valence-electron chi connectivity index (χ0n) is 13.8. The number of nitrogens with zero attached hydrogens (tertiary/aromatic N) is 1. The number of halogens is 3. The average Bonchev–Trinajstić information content (AvgIpc) is 2.94. The fourth-order valence-corrected chi connectivity index (χ4v) is 4.08. The van der Waals surface area contributed by atoms with Gasteiger partial charge < -0.3 is 11.1 Å². The molecule has 0 bridgehead atoms. The lowest BCUT2D eigenvalue weighted by molar-refractivity contribution is 0.100. The van der Waals surface area contributed by atoms with E-state index in [2.05, 4.69) is 10.3 Å². The average molecular weight is 424 g/mol. The van der Waals surface area contributed by atoms with E-state index in [-0.39, 0.29) is 21.3 Å². The molecule has 0 aliphatic heterocycles. The van der Waals surface area contributed by atoms with Crippen LogP contribution in [0.3, 0.4) is 0 Å². The van der Waals surface area contributed by atoms with Crippen LogP contribution in [0.5, 0.6) is 0 Å². The number of carbonyl (C=O) groups excluding carboxylic acids is 2. The van der Waals surface area contributed by atoms with Crippen LogP contribution in [0, 0.1) is 12.7 Å². The Morgan fingerprint density at radius 3 is 2.48 bits per heavy atom. The van der Waals surface area contributed by atoms with Crippen LogP contribution in [-0.2, 0) is 0 Å². The number of nitrogens with one attached hydrogen (secondary N) is 1. The van der Waals surface area contributed by atoms with E-state index in [4.69, 9.17) is 28.9 Å². The summed E-state index contributed by atoms with van der Waals surface area (Å²) in [6.07, 6.45) is 0. The molecule has 27 heavy (non-hydrogen) atoms. The van der Waals surface area contributed by atoms with Crippen molar-refractivity contribution in [1.82, 2.24) is 4.98 Å². The highest BCUT2D eigenvalue weighted by Gasteiger charge is 2.24. The Bertz CT molecular complexity index is 1050. The van der Waals surface area contributed by atoms with Gasteiger partial charge in [0.1, 0.15) is 10.2 Å². The van der Waals surface area contributed by atoms with Gasteiger partial charge in [0.25, 0.3) is 11.8 Å². The van der Waals surface area contributed by atoms with Gasteiger partial charge in [-0.05, 0) is 18.6 Å². The summed E-state index contributed by atoms with van der Waals surface area (Å²) in [5, 5.41) is 2.13. The van der Waals surface area contributed by atoms with E-state index in [0.717, 1.165) is 16.5 Å². The minimum atomic E-state index is -0.881. The number of amides is 2. The fraction of sp³-hybridized carbons (Fsp3) is 0.0556. The van der Waals surface area contributed by atoms with Crippen molar-refractivity contribution in [2.75, 3.05) is 5.32 Å². The third-order valence-electron chi connectivity index (χ3n) is 3.75. The van der Waals surface area contributed by atoms with Gasteiger partial charge in [-0.25, -0.2) is 9.37 Å². The topological polar surface area (TPSA) is 85.1 Å². The van der Waals surface area contributed by atoms with Crippen molar-refractivity contribution < 1.29 is 14.0 Å². The molecule has 0 radical (unpaired) electrons. The molecule has 3 aromatic rings. The number of aryl methyl sites for hydroxylation is 1. The van der Waals surface area contributed by atoms with Crippen LogP contribution in [0.1, 0.15) is 25.6 Å². The van der Waals surface area contributed by atoms with Gasteiger partial charge in [0.05, 0.1) is 11.1 Å². The number of carbonyl (C=O) groups is 2. The van der Waals surface area contributed by atoms with Crippen molar-refractivity contribution in [3.63, 3.8) is 0 Å². The van der Waals surface area contributed by atoms with E-state index in [1.54, 1.807) is 0 Å². The van der Waals surface area contributed by atoms with Gasteiger partial charge in [-0.3, -0.25) is 9.59 Å². The third-order valence-corrected chi connectivity index (χ3v) is 5.33. The third kappa shape index (κ3) is 3.80. The molecule has 2 heterocycles. The smallest absolute Gasteiger partial charge is 0.259 e. The zero-order chi connectivity index (χ0) is 19.7. The fourth-order valence-electron chi connectivity index (χ4n) is 2.60. The first-order valence-electron chi connectivity index (χ1n) is 7.61. The van der Waals surface area contributed by atoms with Gasteiger partial charge >= 0.3 is 0 Å². The monoisotopic (exact) mass is 423 g/mol.